The van der Waals surface area contributed by atoms with E-state index in [0.29, 0.717) is 22.2 Å². The molecule has 160 valence electrons. The van der Waals surface area contributed by atoms with Gasteiger partial charge in [-0.2, -0.15) is 0 Å². The maximum absolute atomic E-state index is 13.2. The third kappa shape index (κ3) is 5.20. The molecule has 1 saturated carbocycles. The Labute approximate surface area is 193 Å². The maximum atomic E-state index is 13.2. The molecule has 0 bridgehead atoms. The van der Waals surface area contributed by atoms with E-state index in [1.807, 2.05) is 60.7 Å². The summed E-state index contributed by atoms with van der Waals surface area (Å²) >= 11 is 12.5. The van der Waals surface area contributed by atoms with Gasteiger partial charge in [0.25, 0.3) is 0 Å². The molecule has 1 unspecified atom stereocenters. The molecular formula is C25H25Cl2N3O. The van der Waals surface area contributed by atoms with Gasteiger partial charge in [-0.3, -0.25) is 4.98 Å². The van der Waals surface area contributed by atoms with Crippen LogP contribution in [-0.4, -0.2) is 17.1 Å². The molecule has 31 heavy (non-hydrogen) atoms. The Morgan fingerprint density at radius 3 is 2.42 bits per heavy atom. The number of nitrogens with one attached hydrogen (secondary N) is 2. The summed E-state index contributed by atoms with van der Waals surface area (Å²) in [5, 5.41) is 7.56. The van der Waals surface area contributed by atoms with Gasteiger partial charge in [0.15, 0.2) is 0 Å². The van der Waals surface area contributed by atoms with Crippen molar-refractivity contribution in [1.82, 2.24) is 15.6 Å². The third-order valence-electron chi connectivity index (χ3n) is 5.81. The normalized spacial score (nSPS) is 15.9. The summed E-state index contributed by atoms with van der Waals surface area (Å²) in [5.74, 6) is 0. The van der Waals surface area contributed by atoms with Gasteiger partial charge in [-0.05, 0) is 48.2 Å². The molecule has 0 saturated heterocycles. The number of halogens is 2. The Balaban J connectivity index is 1.80. The Morgan fingerprint density at radius 1 is 0.968 bits per heavy atom. The molecule has 0 spiro atoms. The Morgan fingerprint density at radius 2 is 1.74 bits per heavy atom. The lowest BCUT2D eigenvalue weighted by atomic mass is 9.80. The number of hydrogen-bond acceptors (Lipinski definition) is 2. The zero-order chi connectivity index (χ0) is 21.7. The fraction of sp³-hybridized carbons (Fsp3) is 0.280. The first-order chi connectivity index (χ1) is 15.0. The summed E-state index contributed by atoms with van der Waals surface area (Å²) in [5.41, 5.74) is 1.71. The van der Waals surface area contributed by atoms with Crippen LogP contribution in [0.5, 0.6) is 0 Å². The second-order valence-corrected chi connectivity index (χ2v) is 8.89. The van der Waals surface area contributed by atoms with E-state index in [1.54, 1.807) is 12.3 Å². The fourth-order valence-electron chi connectivity index (χ4n) is 4.29. The van der Waals surface area contributed by atoms with E-state index in [1.165, 1.54) is 0 Å². The number of rotatable bonds is 6. The van der Waals surface area contributed by atoms with E-state index in [-0.39, 0.29) is 12.1 Å². The molecule has 4 nitrogen and oxygen atoms in total. The average molecular weight is 454 g/mol. The van der Waals surface area contributed by atoms with Crippen molar-refractivity contribution in [3.05, 3.63) is 99.8 Å². The standard InChI is InChI=1S/C25H25Cl2N3O/c26-20-10-6-9-19(15-20)25(16-18-7-2-1-3-8-18,23-14-13-21(27)17-28-23)30-24(31)29-22-11-4-5-12-22/h1-3,6-10,13-15,17,22H,4-5,11-12,16H2,(H2,29,30,31). The van der Waals surface area contributed by atoms with Crippen LogP contribution in [0.3, 0.4) is 0 Å². The molecule has 3 aromatic rings. The van der Waals surface area contributed by atoms with Gasteiger partial charge >= 0.3 is 6.03 Å². The van der Waals surface area contributed by atoms with Gasteiger partial charge in [-0.1, -0.05) is 78.5 Å². The molecule has 1 heterocycles. The smallest absolute Gasteiger partial charge is 0.316 e. The van der Waals surface area contributed by atoms with Crippen molar-refractivity contribution in [3.63, 3.8) is 0 Å². The maximum Gasteiger partial charge on any atom is 0.316 e. The molecule has 0 aliphatic heterocycles. The van der Waals surface area contributed by atoms with E-state index in [9.17, 15) is 4.79 Å². The molecular weight excluding hydrogens is 429 g/mol. The molecule has 1 fully saturated rings. The Bertz CT molecular complexity index is 1020. The van der Waals surface area contributed by atoms with Crippen molar-refractivity contribution in [2.24, 2.45) is 0 Å². The number of pyridine rings is 1. The lowest BCUT2D eigenvalue weighted by molar-refractivity contribution is 0.225. The summed E-state index contributed by atoms with van der Waals surface area (Å²) in [7, 11) is 0. The molecule has 2 aromatic carbocycles. The van der Waals surface area contributed by atoms with Crippen molar-refractivity contribution < 1.29 is 4.79 Å². The number of benzene rings is 2. The molecule has 6 heteroatoms. The van der Waals surface area contributed by atoms with Crippen LogP contribution >= 0.6 is 23.2 Å². The van der Waals surface area contributed by atoms with Gasteiger partial charge in [0, 0.05) is 23.7 Å². The van der Waals surface area contributed by atoms with Crippen molar-refractivity contribution in [3.8, 4) is 0 Å². The quantitative estimate of drug-likeness (QED) is 0.472. The van der Waals surface area contributed by atoms with Crippen LogP contribution in [0.25, 0.3) is 0 Å². The minimum Gasteiger partial charge on any atom is -0.335 e. The zero-order valence-electron chi connectivity index (χ0n) is 17.2. The van der Waals surface area contributed by atoms with Crippen LogP contribution in [0.15, 0.2) is 72.9 Å². The van der Waals surface area contributed by atoms with Crippen molar-refractivity contribution in [2.45, 2.75) is 43.7 Å². The van der Waals surface area contributed by atoms with E-state index >= 15 is 0 Å². The average Bonchev–Trinajstić information content (AvgIpc) is 3.27. The summed E-state index contributed by atoms with van der Waals surface area (Å²) in [6, 6.07) is 21.3. The Hall–Kier alpha value is -2.56. The highest BCUT2D eigenvalue weighted by Crippen LogP contribution is 2.34. The second-order valence-electron chi connectivity index (χ2n) is 8.02. The molecule has 2 N–H and O–H groups in total. The summed E-state index contributed by atoms with van der Waals surface area (Å²) in [6.07, 6.45) is 6.43. The lowest BCUT2D eigenvalue weighted by Gasteiger charge is -2.36. The molecule has 1 atom stereocenters. The van der Waals surface area contributed by atoms with E-state index in [2.05, 4.69) is 15.6 Å². The van der Waals surface area contributed by atoms with Gasteiger partial charge in [-0.15, -0.1) is 0 Å². The summed E-state index contributed by atoms with van der Waals surface area (Å²) in [4.78, 5) is 17.8. The first kappa shape index (κ1) is 21.7. The van der Waals surface area contributed by atoms with Gasteiger partial charge in [0.1, 0.15) is 5.54 Å². The van der Waals surface area contributed by atoms with Crippen LogP contribution in [0.1, 0.15) is 42.5 Å². The first-order valence-electron chi connectivity index (χ1n) is 10.6. The Kier molecular flexibility index (Phi) is 6.79. The largest absolute Gasteiger partial charge is 0.335 e. The predicted molar refractivity (Wildman–Crippen MR) is 126 cm³/mol. The van der Waals surface area contributed by atoms with Crippen LogP contribution < -0.4 is 10.6 Å². The molecule has 1 aliphatic rings. The monoisotopic (exact) mass is 453 g/mol. The molecule has 4 rings (SSSR count). The highest BCUT2D eigenvalue weighted by atomic mass is 35.5. The molecule has 1 aromatic heterocycles. The van der Waals surface area contributed by atoms with Crippen LogP contribution in [-0.2, 0) is 12.0 Å². The SMILES string of the molecule is O=C(NC1CCCC1)NC(Cc1ccccc1)(c1cccc(Cl)c1)c1ccc(Cl)cn1. The fourth-order valence-corrected chi connectivity index (χ4v) is 4.59. The molecule has 1 aliphatic carbocycles. The third-order valence-corrected chi connectivity index (χ3v) is 6.27. The van der Waals surface area contributed by atoms with Crippen LogP contribution in [0.4, 0.5) is 4.79 Å². The van der Waals surface area contributed by atoms with Gasteiger partial charge in [0.2, 0.25) is 0 Å². The number of carbonyl (C=O) groups is 1. The number of aromatic nitrogens is 1. The lowest BCUT2D eigenvalue weighted by Crippen LogP contribution is -2.54. The number of nitrogens with zero attached hydrogens (tertiary/aromatic N) is 1. The van der Waals surface area contributed by atoms with E-state index < -0.39 is 5.54 Å². The highest BCUT2D eigenvalue weighted by Gasteiger charge is 2.38. The predicted octanol–water partition coefficient (Wildman–Crippen LogP) is 6.12. The second kappa shape index (κ2) is 9.71. The molecule has 2 amide bonds. The number of hydrogen-bond donors (Lipinski definition) is 2. The van der Waals surface area contributed by atoms with Crippen LogP contribution in [0, 0.1) is 0 Å². The van der Waals surface area contributed by atoms with Crippen LogP contribution in [0.2, 0.25) is 10.0 Å². The number of urea groups is 1. The zero-order valence-corrected chi connectivity index (χ0v) is 18.7. The minimum atomic E-state index is -0.917. The highest BCUT2D eigenvalue weighted by molar-refractivity contribution is 6.30. The van der Waals surface area contributed by atoms with Gasteiger partial charge in [-0.25, -0.2) is 4.79 Å². The van der Waals surface area contributed by atoms with E-state index in [4.69, 9.17) is 23.2 Å². The minimum absolute atomic E-state index is 0.201. The number of amides is 2. The van der Waals surface area contributed by atoms with Gasteiger partial charge < -0.3 is 10.6 Å². The van der Waals surface area contributed by atoms with Crippen molar-refractivity contribution in [1.29, 1.82) is 0 Å². The first-order valence-corrected chi connectivity index (χ1v) is 11.3. The van der Waals surface area contributed by atoms with E-state index in [0.717, 1.165) is 36.8 Å². The summed E-state index contributed by atoms with van der Waals surface area (Å²) in [6.45, 7) is 0. The number of carbonyl (C=O) groups excluding carboxylic acids is 1. The summed E-state index contributed by atoms with van der Waals surface area (Å²) < 4.78 is 0. The van der Waals surface area contributed by atoms with Crippen molar-refractivity contribution >= 4 is 29.2 Å². The van der Waals surface area contributed by atoms with Gasteiger partial charge in [0.05, 0.1) is 10.7 Å². The molecule has 0 radical (unpaired) electrons. The topological polar surface area (TPSA) is 54.0 Å². The van der Waals surface area contributed by atoms with Crippen molar-refractivity contribution in [2.75, 3.05) is 0 Å².